The molecular formula is C14H27NO. The predicted octanol–water partition coefficient (Wildman–Crippen LogP) is 2.85. The highest BCUT2D eigenvalue weighted by Crippen LogP contribution is 2.28. The third kappa shape index (κ3) is 4.06. The lowest BCUT2D eigenvalue weighted by atomic mass is 9.93. The second kappa shape index (κ2) is 6.61. The molecule has 0 aliphatic heterocycles. The summed E-state index contributed by atoms with van der Waals surface area (Å²) >= 11 is 0. The molecule has 2 fully saturated rings. The fourth-order valence-corrected chi connectivity index (χ4v) is 3.28. The molecule has 0 unspecified atom stereocenters. The normalized spacial score (nSPS) is 32.1. The number of aliphatic hydroxyl groups is 1. The van der Waals surface area contributed by atoms with Crippen molar-refractivity contribution in [2.75, 3.05) is 6.54 Å². The summed E-state index contributed by atoms with van der Waals surface area (Å²) in [4.78, 5) is 0. The lowest BCUT2D eigenvalue weighted by Crippen LogP contribution is -2.35. The van der Waals surface area contributed by atoms with E-state index in [4.69, 9.17) is 0 Å². The summed E-state index contributed by atoms with van der Waals surface area (Å²) in [6.07, 6.45) is 13.0. The second-order valence-corrected chi connectivity index (χ2v) is 5.75. The molecule has 0 amide bonds. The molecule has 0 aromatic rings. The van der Waals surface area contributed by atoms with Crippen molar-refractivity contribution in [1.82, 2.24) is 5.32 Å². The highest BCUT2D eigenvalue weighted by molar-refractivity contribution is 4.76. The Morgan fingerprint density at radius 3 is 2.31 bits per heavy atom. The molecule has 16 heavy (non-hydrogen) atoms. The summed E-state index contributed by atoms with van der Waals surface area (Å²) in [5.74, 6) is 1.04. The smallest absolute Gasteiger partial charge is 0.0541 e. The number of rotatable bonds is 5. The van der Waals surface area contributed by atoms with E-state index < -0.39 is 0 Å². The second-order valence-electron chi connectivity index (χ2n) is 5.75. The maximum absolute atomic E-state index is 9.41. The van der Waals surface area contributed by atoms with Crippen LogP contribution in [-0.4, -0.2) is 23.8 Å². The van der Waals surface area contributed by atoms with E-state index in [-0.39, 0.29) is 6.10 Å². The molecule has 2 N–H and O–H groups in total. The molecular weight excluding hydrogens is 198 g/mol. The highest BCUT2D eigenvalue weighted by atomic mass is 16.3. The summed E-state index contributed by atoms with van der Waals surface area (Å²) in [6.45, 7) is 1.19. The van der Waals surface area contributed by atoms with Gasteiger partial charge in [0.1, 0.15) is 0 Å². The first-order chi connectivity index (χ1) is 7.84. The van der Waals surface area contributed by atoms with Crippen LogP contribution in [-0.2, 0) is 0 Å². The van der Waals surface area contributed by atoms with Crippen molar-refractivity contribution in [2.45, 2.75) is 76.4 Å². The zero-order valence-electron chi connectivity index (χ0n) is 10.5. The van der Waals surface area contributed by atoms with Crippen LogP contribution in [0.5, 0.6) is 0 Å². The summed E-state index contributed by atoms with van der Waals surface area (Å²) < 4.78 is 0. The first-order valence-corrected chi connectivity index (χ1v) is 7.26. The fraction of sp³-hybridized carbons (Fsp3) is 1.00. The van der Waals surface area contributed by atoms with Crippen LogP contribution in [0, 0.1) is 5.92 Å². The van der Waals surface area contributed by atoms with Gasteiger partial charge in [-0.15, -0.1) is 0 Å². The van der Waals surface area contributed by atoms with Crippen LogP contribution in [0.15, 0.2) is 0 Å². The van der Waals surface area contributed by atoms with Crippen LogP contribution in [0.2, 0.25) is 0 Å². The molecule has 0 aromatic heterocycles. The Kier molecular flexibility index (Phi) is 5.11. The van der Waals surface area contributed by atoms with Gasteiger partial charge in [-0.3, -0.25) is 0 Å². The Balaban J connectivity index is 1.48. The molecule has 2 rings (SSSR count). The van der Waals surface area contributed by atoms with Crippen molar-refractivity contribution in [3.05, 3.63) is 0 Å². The van der Waals surface area contributed by atoms with Gasteiger partial charge in [0.15, 0.2) is 0 Å². The summed E-state index contributed by atoms with van der Waals surface area (Å²) in [7, 11) is 0. The standard InChI is InChI=1S/C14H27NO/c16-14-9-7-13(8-10-14)15-11-3-6-12-4-1-2-5-12/h12-16H,1-11H2. The van der Waals surface area contributed by atoms with Crippen molar-refractivity contribution >= 4 is 0 Å². The third-order valence-corrected chi connectivity index (χ3v) is 4.39. The molecule has 2 heteroatoms. The first kappa shape index (κ1) is 12.4. The van der Waals surface area contributed by atoms with Crippen LogP contribution in [0.1, 0.15) is 64.2 Å². The van der Waals surface area contributed by atoms with Gasteiger partial charge in [-0.2, -0.15) is 0 Å². The quantitative estimate of drug-likeness (QED) is 0.705. The molecule has 2 aliphatic carbocycles. The summed E-state index contributed by atoms with van der Waals surface area (Å²) in [5.41, 5.74) is 0. The van der Waals surface area contributed by atoms with Gasteiger partial charge in [0.2, 0.25) is 0 Å². The molecule has 0 bridgehead atoms. The van der Waals surface area contributed by atoms with E-state index in [1.54, 1.807) is 0 Å². The van der Waals surface area contributed by atoms with Crippen molar-refractivity contribution in [3.8, 4) is 0 Å². The molecule has 0 radical (unpaired) electrons. The summed E-state index contributed by atoms with van der Waals surface area (Å²) in [5, 5.41) is 13.1. The SMILES string of the molecule is OC1CCC(NCCCC2CCCC2)CC1. The molecule has 0 saturated heterocycles. The van der Waals surface area contributed by atoms with Crippen LogP contribution in [0.3, 0.4) is 0 Å². The molecule has 0 heterocycles. The van der Waals surface area contributed by atoms with Gasteiger partial charge in [-0.05, 0) is 51.0 Å². The molecule has 94 valence electrons. The van der Waals surface area contributed by atoms with E-state index in [0.717, 1.165) is 18.8 Å². The van der Waals surface area contributed by atoms with E-state index in [0.29, 0.717) is 6.04 Å². The Morgan fingerprint density at radius 1 is 0.938 bits per heavy atom. The Bertz CT molecular complexity index is 181. The van der Waals surface area contributed by atoms with Gasteiger partial charge in [-0.25, -0.2) is 0 Å². The van der Waals surface area contributed by atoms with Crippen LogP contribution >= 0.6 is 0 Å². The van der Waals surface area contributed by atoms with E-state index in [1.165, 1.54) is 57.9 Å². The molecule has 0 aromatic carbocycles. The van der Waals surface area contributed by atoms with Crippen LogP contribution in [0.4, 0.5) is 0 Å². The average Bonchev–Trinajstić information content (AvgIpc) is 2.80. The van der Waals surface area contributed by atoms with Gasteiger partial charge in [0, 0.05) is 6.04 Å². The number of nitrogens with one attached hydrogen (secondary N) is 1. The Hall–Kier alpha value is -0.0800. The number of hydrogen-bond acceptors (Lipinski definition) is 2. The van der Waals surface area contributed by atoms with Crippen LogP contribution in [0.25, 0.3) is 0 Å². The third-order valence-electron chi connectivity index (χ3n) is 4.39. The van der Waals surface area contributed by atoms with Crippen molar-refractivity contribution in [3.63, 3.8) is 0 Å². The van der Waals surface area contributed by atoms with Crippen molar-refractivity contribution < 1.29 is 5.11 Å². The van der Waals surface area contributed by atoms with Crippen LogP contribution < -0.4 is 5.32 Å². The summed E-state index contributed by atoms with van der Waals surface area (Å²) in [6, 6.07) is 0.687. The van der Waals surface area contributed by atoms with Gasteiger partial charge >= 0.3 is 0 Å². The minimum atomic E-state index is -0.0171. The maximum Gasteiger partial charge on any atom is 0.0541 e. The van der Waals surface area contributed by atoms with Gasteiger partial charge < -0.3 is 10.4 Å². The minimum absolute atomic E-state index is 0.0171. The average molecular weight is 225 g/mol. The van der Waals surface area contributed by atoms with Gasteiger partial charge in [0.05, 0.1) is 6.10 Å². The molecule has 2 aliphatic rings. The monoisotopic (exact) mass is 225 g/mol. The first-order valence-electron chi connectivity index (χ1n) is 7.26. The lowest BCUT2D eigenvalue weighted by molar-refractivity contribution is 0.116. The van der Waals surface area contributed by atoms with E-state index in [9.17, 15) is 5.11 Å². The molecule has 0 atom stereocenters. The van der Waals surface area contributed by atoms with Gasteiger partial charge in [0.25, 0.3) is 0 Å². The van der Waals surface area contributed by atoms with Crippen molar-refractivity contribution in [1.29, 1.82) is 0 Å². The largest absolute Gasteiger partial charge is 0.393 e. The topological polar surface area (TPSA) is 32.3 Å². The Labute approximate surface area is 99.8 Å². The highest BCUT2D eigenvalue weighted by Gasteiger charge is 2.19. The fourth-order valence-electron chi connectivity index (χ4n) is 3.28. The lowest BCUT2D eigenvalue weighted by Gasteiger charge is -2.26. The van der Waals surface area contributed by atoms with Gasteiger partial charge in [-0.1, -0.05) is 25.7 Å². The molecule has 2 saturated carbocycles. The minimum Gasteiger partial charge on any atom is -0.393 e. The van der Waals surface area contributed by atoms with E-state index in [1.807, 2.05) is 0 Å². The molecule has 2 nitrogen and oxygen atoms in total. The Morgan fingerprint density at radius 2 is 1.62 bits per heavy atom. The molecule has 0 spiro atoms. The zero-order valence-corrected chi connectivity index (χ0v) is 10.5. The van der Waals surface area contributed by atoms with E-state index >= 15 is 0 Å². The number of hydrogen-bond donors (Lipinski definition) is 2. The number of aliphatic hydroxyl groups excluding tert-OH is 1. The maximum atomic E-state index is 9.41. The van der Waals surface area contributed by atoms with E-state index in [2.05, 4.69) is 5.32 Å². The zero-order chi connectivity index (χ0) is 11.2. The predicted molar refractivity (Wildman–Crippen MR) is 67.5 cm³/mol. The van der Waals surface area contributed by atoms with Crippen molar-refractivity contribution in [2.24, 2.45) is 5.92 Å².